The van der Waals surface area contributed by atoms with Crippen molar-refractivity contribution in [2.45, 2.75) is 149 Å². The summed E-state index contributed by atoms with van der Waals surface area (Å²) in [4.78, 5) is 0. The van der Waals surface area contributed by atoms with E-state index in [0.29, 0.717) is 24.5 Å². The van der Waals surface area contributed by atoms with Crippen molar-refractivity contribution in [1.82, 2.24) is 0 Å². The Hall–Kier alpha value is -0.0800. The summed E-state index contributed by atoms with van der Waals surface area (Å²) in [5, 5.41) is 18.3. The fourth-order valence-corrected chi connectivity index (χ4v) is 15.8. The first kappa shape index (κ1) is 30.3. The van der Waals surface area contributed by atoms with Crippen molar-refractivity contribution in [2.24, 2.45) is 93.7 Å². The molecule has 3 atom stereocenters. The maximum atomic E-state index is 9.43. The van der Waals surface area contributed by atoms with Crippen molar-refractivity contribution in [3.63, 3.8) is 0 Å². The van der Waals surface area contributed by atoms with Crippen LogP contribution in [0.5, 0.6) is 0 Å². The van der Waals surface area contributed by atoms with Crippen LogP contribution >= 0.6 is 0 Å². The highest BCUT2D eigenvalue weighted by molar-refractivity contribution is 5.01. The molecule has 2 heteroatoms. The Labute approximate surface area is 265 Å². The second-order valence-corrected chi connectivity index (χ2v) is 20.2. The first-order chi connectivity index (χ1) is 20.8. The van der Waals surface area contributed by atoms with Crippen LogP contribution in [-0.2, 0) is 0 Å². The fraction of sp³-hybridized carbons (Fsp3) is 1.00. The molecule has 0 aromatic carbocycles. The molecule has 14 rings (SSSR count). The van der Waals surface area contributed by atoms with Gasteiger partial charge in [0, 0.05) is 13.2 Å². The van der Waals surface area contributed by atoms with Crippen molar-refractivity contribution in [1.29, 1.82) is 0 Å². The van der Waals surface area contributed by atoms with Gasteiger partial charge < -0.3 is 10.2 Å². The molecule has 14 aliphatic carbocycles. The lowest BCUT2D eigenvalue weighted by Gasteiger charge is -2.56. The molecule has 0 saturated heterocycles. The molecule has 0 aliphatic heterocycles. The van der Waals surface area contributed by atoms with Gasteiger partial charge in [-0.05, 0) is 222 Å². The summed E-state index contributed by atoms with van der Waals surface area (Å²) < 4.78 is 0. The van der Waals surface area contributed by atoms with Crippen LogP contribution in [0.1, 0.15) is 149 Å². The van der Waals surface area contributed by atoms with E-state index in [9.17, 15) is 5.11 Å². The zero-order chi connectivity index (χ0) is 29.3. The Morgan fingerprint density at radius 2 is 0.884 bits per heavy atom. The number of aliphatic hydroxyl groups is 2. The highest BCUT2D eigenvalue weighted by atomic mass is 16.3. The minimum Gasteiger partial charge on any atom is -0.396 e. The van der Waals surface area contributed by atoms with Gasteiger partial charge >= 0.3 is 0 Å². The van der Waals surface area contributed by atoms with Crippen LogP contribution in [0.25, 0.3) is 0 Å². The zero-order valence-corrected chi connectivity index (χ0v) is 28.2. The summed E-state index contributed by atoms with van der Waals surface area (Å²) in [7, 11) is 0. The first-order valence-corrected chi connectivity index (χ1v) is 20.0. The predicted molar refractivity (Wildman–Crippen MR) is 176 cm³/mol. The molecule has 14 saturated carbocycles. The highest BCUT2D eigenvalue weighted by Crippen LogP contribution is 2.61. The summed E-state index contributed by atoms with van der Waals surface area (Å²) in [6.45, 7) is 5.96. The van der Waals surface area contributed by atoms with Gasteiger partial charge in [-0.1, -0.05) is 20.3 Å². The van der Waals surface area contributed by atoms with Crippen LogP contribution in [0, 0.1) is 93.7 Å². The summed E-state index contributed by atoms with van der Waals surface area (Å²) >= 11 is 0. The number of hydrogen-bond acceptors (Lipinski definition) is 2. The molecule has 0 heterocycles. The quantitative estimate of drug-likeness (QED) is 0.335. The third-order valence-electron chi connectivity index (χ3n) is 16.7. The highest BCUT2D eigenvalue weighted by Gasteiger charge is 2.51. The van der Waals surface area contributed by atoms with E-state index >= 15 is 0 Å². The zero-order valence-electron chi connectivity index (χ0n) is 28.2. The number of fused-ring (bicyclic) bond motifs is 2. The normalized spacial score (nSPS) is 56.7. The molecule has 0 aromatic heterocycles. The Morgan fingerprint density at radius 1 is 0.465 bits per heavy atom. The molecular formula is C41H68O2. The van der Waals surface area contributed by atoms with Gasteiger partial charge in [0.15, 0.2) is 0 Å². The smallest absolute Gasteiger partial charge is 0.0487 e. The SMILES string of the molecule is CC12CC3CC(CC(C3)C1)C2.CC1C2CC3CC(C2)CC1C3.OCC12CC3CC(CC(C3)C1)C2.OCC1CC2CCC1C2. The lowest BCUT2D eigenvalue weighted by Crippen LogP contribution is -2.47. The van der Waals surface area contributed by atoms with Gasteiger partial charge in [-0.2, -0.15) is 0 Å². The molecule has 3 unspecified atom stereocenters. The maximum Gasteiger partial charge on any atom is 0.0487 e. The van der Waals surface area contributed by atoms with Crippen molar-refractivity contribution < 1.29 is 10.2 Å². The third-order valence-corrected chi connectivity index (χ3v) is 16.7. The fourth-order valence-electron chi connectivity index (χ4n) is 15.8. The first-order valence-electron chi connectivity index (χ1n) is 20.0. The summed E-state index contributed by atoms with van der Waals surface area (Å²) in [5.41, 5.74) is 1.20. The lowest BCUT2D eigenvalue weighted by atomic mass is 9.50. The molecule has 14 aliphatic rings. The van der Waals surface area contributed by atoms with Gasteiger partial charge in [0.05, 0.1) is 0 Å². The molecule has 14 fully saturated rings. The van der Waals surface area contributed by atoms with Crippen molar-refractivity contribution in [3.05, 3.63) is 0 Å². The topological polar surface area (TPSA) is 40.5 Å². The van der Waals surface area contributed by atoms with Crippen LogP contribution < -0.4 is 0 Å². The van der Waals surface area contributed by atoms with Crippen molar-refractivity contribution in [2.75, 3.05) is 13.2 Å². The van der Waals surface area contributed by atoms with Crippen molar-refractivity contribution >= 4 is 0 Å². The molecule has 0 amide bonds. The Bertz CT molecular complexity index is 868. The summed E-state index contributed by atoms with van der Waals surface area (Å²) in [5.74, 6) is 14.7. The van der Waals surface area contributed by atoms with E-state index in [2.05, 4.69) is 13.8 Å². The molecule has 2 nitrogen and oxygen atoms in total. The van der Waals surface area contributed by atoms with Crippen LogP contribution in [-0.4, -0.2) is 23.4 Å². The second kappa shape index (κ2) is 11.9. The second-order valence-electron chi connectivity index (χ2n) is 20.2. The van der Waals surface area contributed by atoms with Crippen LogP contribution in [0.3, 0.4) is 0 Å². The number of rotatable bonds is 2. The average molecular weight is 593 g/mol. The molecular weight excluding hydrogens is 524 g/mol. The molecule has 14 bridgehead atoms. The largest absolute Gasteiger partial charge is 0.396 e. The molecule has 0 radical (unpaired) electrons. The van der Waals surface area contributed by atoms with Gasteiger partial charge in [-0.3, -0.25) is 0 Å². The summed E-state index contributed by atoms with van der Waals surface area (Å²) in [6, 6.07) is 0. The van der Waals surface area contributed by atoms with Crippen LogP contribution in [0.2, 0.25) is 0 Å². The third kappa shape index (κ3) is 6.19. The maximum absolute atomic E-state index is 9.43. The van der Waals surface area contributed by atoms with Gasteiger partial charge in [0.1, 0.15) is 0 Å². The van der Waals surface area contributed by atoms with E-state index in [4.69, 9.17) is 5.11 Å². The van der Waals surface area contributed by atoms with E-state index in [0.717, 1.165) is 82.3 Å². The number of hydrogen-bond donors (Lipinski definition) is 2. The van der Waals surface area contributed by atoms with Gasteiger partial charge in [-0.25, -0.2) is 0 Å². The average Bonchev–Trinajstić information content (AvgIpc) is 3.59. The summed E-state index contributed by atoms with van der Waals surface area (Å²) in [6.07, 6.45) is 31.5. The van der Waals surface area contributed by atoms with E-state index in [-0.39, 0.29) is 0 Å². The Balaban J connectivity index is 0.0000000866. The molecule has 0 aromatic rings. The standard InChI is InChI=1S/C11H18O.2C11H18.C8H14O/c12-7-11-4-8-1-9(5-11)3-10(2-8)6-11;1-11-5-8-2-9(6-11)4-10(3-8)7-11;1-7-10-3-8-2-9(5-10)6-11(7)4-8;9-5-8-4-6-1-2-7(8)3-6/h8-10,12H,1-7H2;8-10H,2-7H2,1H3;7-11H,2-6H2,1H3;6-9H,1-5H2. The van der Waals surface area contributed by atoms with E-state index in [1.807, 2.05) is 0 Å². The minimum absolute atomic E-state index is 0.398. The van der Waals surface area contributed by atoms with Crippen LogP contribution in [0.4, 0.5) is 0 Å². The Kier molecular flexibility index (Phi) is 8.35. The number of aliphatic hydroxyl groups excluding tert-OH is 2. The predicted octanol–water partition coefficient (Wildman–Crippen LogP) is 9.91. The van der Waals surface area contributed by atoms with Crippen LogP contribution in [0.15, 0.2) is 0 Å². The molecule has 244 valence electrons. The van der Waals surface area contributed by atoms with E-state index in [1.54, 1.807) is 70.6 Å². The lowest BCUT2D eigenvalue weighted by molar-refractivity contribution is -0.0798. The monoisotopic (exact) mass is 593 g/mol. The van der Waals surface area contributed by atoms with Gasteiger partial charge in [0.2, 0.25) is 0 Å². The van der Waals surface area contributed by atoms with Crippen molar-refractivity contribution in [3.8, 4) is 0 Å². The van der Waals surface area contributed by atoms with Gasteiger partial charge in [0.25, 0.3) is 0 Å². The van der Waals surface area contributed by atoms with Gasteiger partial charge in [-0.15, -0.1) is 0 Å². The molecule has 2 N–H and O–H groups in total. The minimum atomic E-state index is 0.398. The Morgan fingerprint density at radius 3 is 1.21 bits per heavy atom. The van der Waals surface area contributed by atoms with E-state index in [1.165, 1.54) is 64.2 Å². The molecule has 43 heavy (non-hydrogen) atoms. The molecule has 0 spiro atoms. The van der Waals surface area contributed by atoms with E-state index < -0.39 is 0 Å².